The van der Waals surface area contributed by atoms with Crippen molar-refractivity contribution in [2.75, 3.05) is 10.6 Å². The van der Waals surface area contributed by atoms with Gasteiger partial charge in [-0.3, -0.25) is 9.59 Å². The Hall–Kier alpha value is -5.14. The molecule has 0 atom stereocenters. The van der Waals surface area contributed by atoms with E-state index in [-0.39, 0.29) is 11.5 Å². The van der Waals surface area contributed by atoms with E-state index in [1.54, 1.807) is 60.7 Å². The van der Waals surface area contributed by atoms with Gasteiger partial charge in [-0.25, -0.2) is 0 Å². The molecule has 230 valence electrons. The molecule has 0 bridgehead atoms. The summed E-state index contributed by atoms with van der Waals surface area (Å²) in [5.41, 5.74) is -1.14. The van der Waals surface area contributed by atoms with Crippen LogP contribution >= 0.6 is 0 Å². The quantitative estimate of drug-likeness (QED) is 0.164. The van der Waals surface area contributed by atoms with Gasteiger partial charge in [-0.15, -0.1) is 0 Å². The summed E-state index contributed by atoms with van der Waals surface area (Å²) < 4.78 is 126. The SMILES string of the molecule is O=C(Nc1ccc(Oc2ccccc2)cc1)C(F)(F)C(F)(F)C(F)(F)C(F)(F)C(=O)Nc1ccc(Oc2ccccc2)cc1. The van der Waals surface area contributed by atoms with E-state index in [1.165, 1.54) is 10.6 Å². The first-order chi connectivity index (χ1) is 20.6. The van der Waals surface area contributed by atoms with Crippen molar-refractivity contribution in [3.63, 3.8) is 0 Å². The molecule has 0 aliphatic heterocycles. The number of hydrogen-bond acceptors (Lipinski definition) is 4. The Bertz CT molecular complexity index is 1460. The summed E-state index contributed by atoms with van der Waals surface area (Å²) in [4.78, 5) is 24.0. The topological polar surface area (TPSA) is 76.7 Å². The second-order valence-electron chi connectivity index (χ2n) is 9.08. The van der Waals surface area contributed by atoms with Crippen molar-refractivity contribution in [2.24, 2.45) is 0 Å². The minimum atomic E-state index is -7.03. The van der Waals surface area contributed by atoms with E-state index in [4.69, 9.17) is 9.47 Å². The van der Waals surface area contributed by atoms with E-state index in [2.05, 4.69) is 0 Å². The molecule has 44 heavy (non-hydrogen) atoms. The standard InChI is InChI=1S/C30H20F8N2O4/c31-27(32,25(41)39-19-11-15-23(16-12-19)43-21-7-3-1-4-8-21)29(35,36)30(37,38)28(33,34)26(42)40-20-13-17-24(18-14-20)44-22-9-5-2-6-10-22/h1-18H,(H,39,41)(H,40,42). The number of ether oxygens (including phenoxy) is 2. The van der Waals surface area contributed by atoms with Crippen molar-refractivity contribution in [1.29, 1.82) is 0 Å². The number of carbonyl (C=O) groups excluding carboxylic acids is 2. The zero-order valence-corrected chi connectivity index (χ0v) is 22.0. The second-order valence-corrected chi connectivity index (χ2v) is 9.08. The summed E-state index contributed by atoms with van der Waals surface area (Å²) in [6.07, 6.45) is 0. The molecule has 0 saturated heterocycles. The molecule has 0 aliphatic carbocycles. The molecule has 0 aromatic heterocycles. The molecule has 0 heterocycles. The molecule has 0 unspecified atom stereocenters. The summed E-state index contributed by atoms with van der Waals surface area (Å²) in [6.45, 7) is 0. The minimum Gasteiger partial charge on any atom is -0.457 e. The summed E-state index contributed by atoms with van der Waals surface area (Å²) in [5, 5.41) is 2.56. The number of amides is 2. The molecular formula is C30H20F8N2O4. The van der Waals surface area contributed by atoms with Crippen LogP contribution in [0.25, 0.3) is 0 Å². The molecule has 0 radical (unpaired) electrons. The Morgan fingerprint density at radius 2 is 0.705 bits per heavy atom. The summed E-state index contributed by atoms with van der Waals surface area (Å²) in [7, 11) is 0. The highest BCUT2D eigenvalue weighted by molar-refractivity contribution is 5.99. The lowest BCUT2D eigenvalue weighted by molar-refractivity contribution is -0.345. The van der Waals surface area contributed by atoms with Crippen LogP contribution < -0.4 is 20.1 Å². The van der Waals surface area contributed by atoms with Crippen LogP contribution in [0.15, 0.2) is 109 Å². The monoisotopic (exact) mass is 624 g/mol. The highest BCUT2D eigenvalue weighted by Gasteiger charge is 2.84. The van der Waals surface area contributed by atoms with Crippen LogP contribution in [0.3, 0.4) is 0 Å². The Morgan fingerprint density at radius 1 is 0.432 bits per heavy atom. The molecule has 0 saturated carbocycles. The number of halogens is 8. The van der Waals surface area contributed by atoms with Crippen molar-refractivity contribution in [2.45, 2.75) is 23.7 Å². The zero-order chi connectivity index (χ0) is 32.2. The number of carbonyl (C=O) groups is 2. The molecule has 4 aromatic carbocycles. The van der Waals surface area contributed by atoms with Gasteiger partial charge < -0.3 is 20.1 Å². The molecule has 0 spiro atoms. The lowest BCUT2D eigenvalue weighted by atomic mass is 9.97. The van der Waals surface area contributed by atoms with Crippen LogP contribution in [0.1, 0.15) is 0 Å². The molecule has 4 rings (SSSR count). The van der Waals surface area contributed by atoms with Crippen molar-refractivity contribution in [3.8, 4) is 23.0 Å². The third-order valence-electron chi connectivity index (χ3n) is 5.94. The predicted molar refractivity (Wildman–Crippen MR) is 143 cm³/mol. The summed E-state index contributed by atoms with van der Waals surface area (Å²) >= 11 is 0. The molecule has 4 aromatic rings. The maximum absolute atomic E-state index is 14.4. The fourth-order valence-corrected chi connectivity index (χ4v) is 3.56. The largest absolute Gasteiger partial charge is 0.457 e. The van der Waals surface area contributed by atoms with E-state index < -0.39 is 46.9 Å². The van der Waals surface area contributed by atoms with E-state index in [0.717, 1.165) is 48.5 Å². The number of alkyl halides is 8. The lowest BCUT2D eigenvalue weighted by Gasteiger charge is -2.35. The van der Waals surface area contributed by atoms with E-state index in [0.29, 0.717) is 11.5 Å². The van der Waals surface area contributed by atoms with Crippen LogP contribution in [0, 0.1) is 0 Å². The number of benzene rings is 4. The van der Waals surface area contributed by atoms with E-state index in [1.807, 2.05) is 0 Å². The first kappa shape index (κ1) is 31.8. The van der Waals surface area contributed by atoms with Crippen LogP contribution in [0.5, 0.6) is 23.0 Å². The third-order valence-corrected chi connectivity index (χ3v) is 5.94. The molecule has 6 nitrogen and oxygen atoms in total. The van der Waals surface area contributed by atoms with Gasteiger partial charge in [0.05, 0.1) is 0 Å². The third kappa shape index (κ3) is 6.43. The summed E-state index contributed by atoms with van der Waals surface area (Å²) in [5.74, 6) is -31.9. The van der Waals surface area contributed by atoms with Gasteiger partial charge in [0.15, 0.2) is 0 Å². The predicted octanol–water partition coefficient (Wildman–Crippen LogP) is 8.39. The number of anilines is 2. The Kier molecular flexibility index (Phi) is 8.83. The Labute approximate surface area is 244 Å². The normalized spacial score (nSPS) is 12.3. The molecular weight excluding hydrogens is 604 g/mol. The van der Waals surface area contributed by atoms with Crippen LogP contribution in [0.2, 0.25) is 0 Å². The molecule has 2 N–H and O–H groups in total. The van der Waals surface area contributed by atoms with Gasteiger partial charge >= 0.3 is 35.5 Å². The Morgan fingerprint density at radius 3 is 1.00 bits per heavy atom. The molecule has 0 fully saturated rings. The van der Waals surface area contributed by atoms with E-state index in [9.17, 15) is 44.7 Å². The maximum Gasteiger partial charge on any atom is 0.393 e. The number of rotatable bonds is 11. The number of hydrogen-bond donors (Lipinski definition) is 2. The molecule has 2 amide bonds. The highest BCUT2D eigenvalue weighted by atomic mass is 19.4. The van der Waals surface area contributed by atoms with Crippen LogP contribution in [-0.4, -0.2) is 35.5 Å². The number of para-hydroxylation sites is 2. The van der Waals surface area contributed by atoms with Gasteiger partial charge in [0.1, 0.15) is 23.0 Å². The second kappa shape index (κ2) is 12.2. The fourth-order valence-electron chi connectivity index (χ4n) is 3.56. The maximum atomic E-state index is 14.4. The number of nitrogens with one attached hydrogen (secondary N) is 2. The fraction of sp³-hybridized carbons (Fsp3) is 0.133. The average molecular weight is 624 g/mol. The Balaban J connectivity index is 1.43. The smallest absolute Gasteiger partial charge is 0.393 e. The van der Waals surface area contributed by atoms with Gasteiger partial charge in [0.2, 0.25) is 0 Å². The van der Waals surface area contributed by atoms with E-state index >= 15 is 0 Å². The highest BCUT2D eigenvalue weighted by Crippen LogP contribution is 2.53. The van der Waals surface area contributed by atoms with Gasteiger partial charge in [0.25, 0.3) is 0 Å². The lowest BCUT2D eigenvalue weighted by Crippen LogP contribution is -2.67. The van der Waals surface area contributed by atoms with Crippen molar-refractivity contribution < 1.29 is 54.2 Å². The zero-order valence-electron chi connectivity index (χ0n) is 22.0. The van der Waals surface area contributed by atoms with Gasteiger partial charge in [-0.05, 0) is 72.8 Å². The van der Waals surface area contributed by atoms with Crippen LogP contribution in [-0.2, 0) is 9.59 Å². The van der Waals surface area contributed by atoms with Crippen LogP contribution in [0.4, 0.5) is 46.5 Å². The van der Waals surface area contributed by atoms with Gasteiger partial charge in [0, 0.05) is 11.4 Å². The van der Waals surface area contributed by atoms with Crippen molar-refractivity contribution >= 4 is 23.2 Å². The van der Waals surface area contributed by atoms with Gasteiger partial charge in [-0.2, -0.15) is 35.1 Å². The first-order valence-electron chi connectivity index (χ1n) is 12.5. The molecule has 14 heteroatoms. The van der Waals surface area contributed by atoms with Crippen molar-refractivity contribution in [3.05, 3.63) is 109 Å². The van der Waals surface area contributed by atoms with Crippen molar-refractivity contribution in [1.82, 2.24) is 0 Å². The average Bonchev–Trinajstić information content (AvgIpc) is 2.99. The molecule has 0 aliphatic rings. The van der Waals surface area contributed by atoms with Gasteiger partial charge in [-0.1, -0.05) is 36.4 Å². The first-order valence-corrected chi connectivity index (χ1v) is 12.5. The minimum absolute atomic E-state index is 0.127. The summed E-state index contributed by atoms with van der Waals surface area (Å²) in [6, 6.07) is 24.5.